The smallest absolute Gasteiger partial charge is 0.0314 e. The average Bonchev–Trinajstić information content (AvgIpc) is 1.90. The van der Waals surface area contributed by atoms with Gasteiger partial charge < -0.3 is 5.73 Å². The predicted octanol–water partition coefficient (Wildman–Crippen LogP) is 1.53. The summed E-state index contributed by atoms with van der Waals surface area (Å²) in [6.07, 6.45) is 1.79. The molecular weight excluding hydrogens is 243 g/mol. The van der Waals surface area contributed by atoms with Crippen LogP contribution in [0.3, 0.4) is 0 Å². The zero-order valence-corrected chi connectivity index (χ0v) is 12.5. The minimum Gasteiger partial charge on any atom is -0.399 e. The first-order valence-electron chi connectivity index (χ1n) is 2.81. The summed E-state index contributed by atoms with van der Waals surface area (Å²) < 4.78 is 0. The van der Waals surface area contributed by atoms with E-state index in [-0.39, 0.29) is 68.9 Å². The third-order valence-electron chi connectivity index (χ3n) is 1.17. The van der Waals surface area contributed by atoms with Crippen molar-refractivity contribution in [2.75, 3.05) is 5.73 Å². The minimum atomic E-state index is 0. The van der Waals surface area contributed by atoms with Crippen molar-refractivity contribution in [1.82, 2.24) is 0 Å². The molecule has 0 unspecified atom stereocenters. The molecule has 1 radical (unpaired) electrons. The van der Waals surface area contributed by atoms with E-state index in [1.54, 1.807) is 6.08 Å². The van der Waals surface area contributed by atoms with Crippen LogP contribution in [0.4, 0.5) is 5.69 Å². The van der Waals surface area contributed by atoms with E-state index in [9.17, 15) is 0 Å². The molecular formula is C8H9CsN. The predicted molar refractivity (Wildman–Crippen MR) is 46.7 cm³/mol. The molecule has 1 aromatic rings. The van der Waals surface area contributed by atoms with Crippen LogP contribution in [0.1, 0.15) is 5.56 Å². The van der Waals surface area contributed by atoms with Crippen LogP contribution in [0.25, 0.3) is 6.08 Å². The average molecular weight is 252 g/mol. The number of anilines is 1. The Morgan fingerprint density at radius 1 is 1.20 bits per heavy atom. The SMILES string of the molecule is C=Cc1ccc(N)cc1.[Cs]. The van der Waals surface area contributed by atoms with Crippen molar-refractivity contribution in [2.45, 2.75) is 0 Å². The topological polar surface area (TPSA) is 26.0 Å². The Balaban J connectivity index is 0.000000810. The third kappa shape index (κ3) is 3.28. The monoisotopic (exact) mass is 252 g/mol. The molecule has 0 bridgehead atoms. The van der Waals surface area contributed by atoms with Gasteiger partial charge in [-0.2, -0.15) is 0 Å². The van der Waals surface area contributed by atoms with E-state index in [1.165, 1.54) is 0 Å². The van der Waals surface area contributed by atoms with Crippen molar-refractivity contribution >= 4 is 80.7 Å². The van der Waals surface area contributed by atoms with Crippen molar-refractivity contribution in [3.05, 3.63) is 36.4 Å². The Kier molecular flexibility index (Phi) is 5.90. The van der Waals surface area contributed by atoms with Gasteiger partial charge in [-0.15, -0.1) is 0 Å². The summed E-state index contributed by atoms with van der Waals surface area (Å²) in [5.74, 6) is 0. The zero-order chi connectivity index (χ0) is 6.69. The molecule has 0 saturated heterocycles. The van der Waals surface area contributed by atoms with Gasteiger partial charge in [-0.25, -0.2) is 0 Å². The van der Waals surface area contributed by atoms with E-state index in [0.29, 0.717) is 0 Å². The molecule has 1 nitrogen and oxygen atoms in total. The van der Waals surface area contributed by atoms with E-state index in [0.717, 1.165) is 11.3 Å². The second-order valence-electron chi connectivity index (χ2n) is 1.87. The first-order valence-corrected chi connectivity index (χ1v) is 2.81. The summed E-state index contributed by atoms with van der Waals surface area (Å²) >= 11 is 0. The molecule has 47 valence electrons. The fourth-order valence-electron chi connectivity index (χ4n) is 0.632. The van der Waals surface area contributed by atoms with Crippen molar-refractivity contribution in [1.29, 1.82) is 0 Å². The van der Waals surface area contributed by atoms with Gasteiger partial charge in [0.05, 0.1) is 0 Å². The zero-order valence-electron chi connectivity index (χ0n) is 6.17. The molecule has 0 aliphatic rings. The maximum Gasteiger partial charge on any atom is 0.0314 e. The van der Waals surface area contributed by atoms with Crippen LogP contribution in [0.15, 0.2) is 30.8 Å². The molecule has 2 heteroatoms. The maximum atomic E-state index is 5.45. The Hall–Kier alpha value is 0.812. The summed E-state index contributed by atoms with van der Waals surface area (Å²) in [5, 5.41) is 0. The molecule has 0 aromatic heterocycles. The molecule has 0 fully saturated rings. The quantitative estimate of drug-likeness (QED) is 0.753. The van der Waals surface area contributed by atoms with Gasteiger partial charge in [0.25, 0.3) is 0 Å². The van der Waals surface area contributed by atoms with Crippen molar-refractivity contribution in [3.8, 4) is 0 Å². The van der Waals surface area contributed by atoms with Gasteiger partial charge in [-0.05, 0) is 17.7 Å². The van der Waals surface area contributed by atoms with Crippen LogP contribution in [0.2, 0.25) is 0 Å². The fourth-order valence-corrected chi connectivity index (χ4v) is 0.632. The Morgan fingerprint density at radius 3 is 2.10 bits per heavy atom. The van der Waals surface area contributed by atoms with Crippen molar-refractivity contribution in [3.63, 3.8) is 0 Å². The molecule has 0 amide bonds. The minimum absolute atomic E-state index is 0. The Morgan fingerprint density at radius 2 is 1.70 bits per heavy atom. The number of rotatable bonds is 1. The summed E-state index contributed by atoms with van der Waals surface area (Å²) in [4.78, 5) is 0. The summed E-state index contributed by atoms with van der Waals surface area (Å²) in [7, 11) is 0. The van der Waals surface area contributed by atoms with Crippen LogP contribution >= 0.6 is 0 Å². The number of hydrogen-bond donors (Lipinski definition) is 1. The summed E-state index contributed by atoms with van der Waals surface area (Å²) in [6, 6.07) is 7.58. The standard InChI is InChI=1S/C8H9N.Cs/c1-2-7-3-5-8(9)6-4-7;/h2-6H,1,9H2;. The van der Waals surface area contributed by atoms with Crippen LogP contribution in [-0.4, -0.2) is 68.9 Å². The fraction of sp³-hybridized carbons (Fsp3) is 0. The third-order valence-corrected chi connectivity index (χ3v) is 1.17. The molecule has 0 aliphatic heterocycles. The van der Waals surface area contributed by atoms with Crippen molar-refractivity contribution < 1.29 is 0 Å². The maximum absolute atomic E-state index is 5.45. The van der Waals surface area contributed by atoms with Gasteiger partial charge in [0, 0.05) is 74.6 Å². The van der Waals surface area contributed by atoms with Gasteiger partial charge in [-0.1, -0.05) is 24.8 Å². The first kappa shape index (κ1) is 10.8. The number of nitrogen functional groups attached to an aromatic ring is 1. The first-order chi connectivity index (χ1) is 4.33. The van der Waals surface area contributed by atoms with Crippen LogP contribution < -0.4 is 5.73 Å². The van der Waals surface area contributed by atoms with E-state index in [2.05, 4.69) is 6.58 Å². The Labute approximate surface area is 120 Å². The second-order valence-corrected chi connectivity index (χ2v) is 1.87. The van der Waals surface area contributed by atoms with Gasteiger partial charge in [0.2, 0.25) is 0 Å². The van der Waals surface area contributed by atoms with E-state index in [4.69, 9.17) is 5.73 Å². The van der Waals surface area contributed by atoms with Crippen LogP contribution in [-0.2, 0) is 0 Å². The molecule has 10 heavy (non-hydrogen) atoms. The van der Waals surface area contributed by atoms with E-state index < -0.39 is 0 Å². The van der Waals surface area contributed by atoms with Crippen LogP contribution in [0.5, 0.6) is 0 Å². The molecule has 0 spiro atoms. The van der Waals surface area contributed by atoms with Gasteiger partial charge >= 0.3 is 0 Å². The molecule has 0 atom stereocenters. The second kappa shape index (κ2) is 5.46. The number of nitrogens with two attached hydrogens (primary N) is 1. The van der Waals surface area contributed by atoms with Gasteiger partial charge in [-0.3, -0.25) is 0 Å². The van der Waals surface area contributed by atoms with Crippen molar-refractivity contribution in [2.24, 2.45) is 0 Å². The van der Waals surface area contributed by atoms with Gasteiger partial charge in [0.15, 0.2) is 0 Å². The number of hydrogen-bond acceptors (Lipinski definition) is 1. The van der Waals surface area contributed by atoms with E-state index in [1.807, 2.05) is 24.3 Å². The largest absolute Gasteiger partial charge is 0.399 e. The van der Waals surface area contributed by atoms with Gasteiger partial charge in [0.1, 0.15) is 0 Å². The van der Waals surface area contributed by atoms with Crippen LogP contribution in [0, 0.1) is 0 Å². The van der Waals surface area contributed by atoms with E-state index >= 15 is 0 Å². The Bertz CT molecular complexity index is 203. The summed E-state index contributed by atoms with van der Waals surface area (Å²) in [6.45, 7) is 3.62. The molecule has 0 saturated carbocycles. The molecule has 0 aliphatic carbocycles. The molecule has 1 aromatic carbocycles. The summed E-state index contributed by atoms with van der Waals surface area (Å²) in [5.41, 5.74) is 7.34. The molecule has 0 heterocycles. The molecule has 2 N–H and O–H groups in total. The normalized spacial score (nSPS) is 8.00. The molecule has 1 rings (SSSR count). The number of benzene rings is 1.